The maximum atomic E-state index is 11.8. The minimum atomic E-state index is -0.265. The van der Waals surface area contributed by atoms with Crippen LogP contribution in [-0.2, 0) is 20.7 Å². The molecule has 5 heteroatoms. The van der Waals surface area contributed by atoms with E-state index in [9.17, 15) is 9.59 Å². The molecule has 1 aromatic carbocycles. The van der Waals surface area contributed by atoms with Crippen LogP contribution in [0.2, 0.25) is 0 Å². The van der Waals surface area contributed by atoms with Gasteiger partial charge in [-0.2, -0.15) is 0 Å². The lowest BCUT2D eigenvalue weighted by atomic mass is 10.1. The Balaban J connectivity index is 1.82. The van der Waals surface area contributed by atoms with Crippen molar-refractivity contribution in [3.63, 3.8) is 0 Å². The average molecular weight is 303 g/mol. The molecule has 0 bridgehead atoms. The van der Waals surface area contributed by atoms with Crippen molar-refractivity contribution >= 4 is 12.1 Å². The van der Waals surface area contributed by atoms with E-state index in [1.54, 1.807) is 11.0 Å². The molecular formula is C17H21NO4. The van der Waals surface area contributed by atoms with Gasteiger partial charge in [-0.25, -0.2) is 4.79 Å². The number of esters is 1. The first-order chi connectivity index (χ1) is 10.7. The third-order valence-electron chi connectivity index (χ3n) is 3.60. The Bertz CT molecular complexity index is 527. The largest absolute Gasteiger partial charge is 0.469 e. The summed E-state index contributed by atoms with van der Waals surface area (Å²) < 4.78 is 9.71. The summed E-state index contributed by atoms with van der Waals surface area (Å²) in [5.74, 6) is -0.265. The molecule has 1 aliphatic rings. The molecule has 1 aliphatic heterocycles. The highest BCUT2D eigenvalue weighted by molar-refractivity contribution is 5.71. The third-order valence-corrected chi connectivity index (χ3v) is 3.60. The van der Waals surface area contributed by atoms with Gasteiger partial charge in [0.2, 0.25) is 0 Å². The quantitative estimate of drug-likeness (QED) is 0.574. The Morgan fingerprint density at radius 2 is 2.14 bits per heavy atom. The Morgan fingerprint density at radius 1 is 1.36 bits per heavy atom. The second-order valence-electron chi connectivity index (χ2n) is 5.15. The lowest BCUT2D eigenvalue weighted by Gasteiger charge is -2.20. The Morgan fingerprint density at radius 3 is 2.86 bits per heavy atom. The Labute approximate surface area is 130 Å². The summed E-state index contributed by atoms with van der Waals surface area (Å²) in [6, 6.07) is 10.1. The molecule has 1 atom stereocenters. The van der Waals surface area contributed by atoms with E-state index in [2.05, 4.69) is 16.9 Å². The average Bonchev–Trinajstić information content (AvgIpc) is 2.88. The molecule has 1 heterocycles. The van der Waals surface area contributed by atoms with Crippen LogP contribution in [0.5, 0.6) is 0 Å². The number of benzene rings is 1. The van der Waals surface area contributed by atoms with E-state index in [0.717, 1.165) is 6.42 Å². The van der Waals surface area contributed by atoms with Gasteiger partial charge in [0.1, 0.15) is 6.61 Å². The number of carbonyl (C=O) groups is 2. The van der Waals surface area contributed by atoms with Crippen LogP contribution >= 0.6 is 0 Å². The zero-order valence-electron chi connectivity index (χ0n) is 12.7. The molecule has 0 aromatic heterocycles. The number of carbonyl (C=O) groups excluding carboxylic acids is 2. The highest BCUT2D eigenvalue weighted by atomic mass is 16.6. The maximum Gasteiger partial charge on any atom is 0.410 e. The van der Waals surface area contributed by atoms with Crippen molar-refractivity contribution < 1.29 is 19.1 Å². The number of ether oxygens (including phenoxy) is 2. The molecule has 1 fully saturated rings. The predicted molar refractivity (Wildman–Crippen MR) is 82.4 cm³/mol. The summed E-state index contributed by atoms with van der Waals surface area (Å²) >= 11 is 0. The van der Waals surface area contributed by atoms with Crippen molar-refractivity contribution in [3.8, 4) is 0 Å². The molecule has 1 saturated heterocycles. The monoisotopic (exact) mass is 303 g/mol. The molecular weight excluding hydrogens is 282 g/mol. The first-order valence-corrected chi connectivity index (χ1v) is 7.40. The summed E-state index contributed by atoms with van der Waals surface area (Å²) in [5, 5.41) is 0. The molecule has 1 unspecified atom stereocenters. The van der Waals surface area contributed by atoms with E-state index < -0.39 is 0 Å². The molecule has 0 saturated carbocycles. The number of rotatable bonds is 7. The maximum absolute atomic E-state index is 11.8. The summed E-state index contributed by atoms with van der Waals surface area (Å²) in [5.41, 5.74) is 1.19. The fourth-order valence-corrected chi connectivity index (χ4v) is 2.41. The number of hydrogen-bond donors (Lipinski definition) is 0. The van der Waals surface area contributed by atoms with Gasteiger partial charge in [-0.05, 0) is 18.4 Å². The molecule has 1 aromatic rings. The molecule has 22 heavy (non-hydrogen) atoms. The fourth-order valence-electron chi connectivity index (χ4n) is 2.41. The number of methoxy groups -OCH3 is 1. The van der Waals surface area contributed by atoms with Crippen molar-refractivity contribution in [3.05, 3.63) is 48.0 Å². The molecule has 0 aliphatic carbocycles. The van der Waals surface area contributed by atoms with Crippen LogP contribution in [0.15, 0.2) is 42.5 Å². The molecule has 5 nitrogen and oxygen atoms in total. The molecule has 0 spiro atoms. The normalized spacial score (nSPS) is 17.8. The van der Waals surface area contributed by atoms with E-state index in [1.165, 1.54) is 12.7 Å². The minimum absolute atomic E-state index is 0.0731. The van der Waals surface area contributed by atoms with E-state index in [4.69, 9.17) is 4.74 Å². The topological polar surface area (TPSA) is 55.8 Å². The fraction of sp³-hybridized carbons (Fsp3) is 0.412. The van der Waals surface area contributed by atoms with Gasteiger partial charge < -0.3 is 14.4 Å². The van der Waals surface area contributed by atoms with Gasteiger partial charge in [0, 0.05) is 6.54 Å². The van der Waals surface area contributed by atoms with Crippen LogP contribution in [0.4, 0.5) is 4.79 Å². The molecule has 1 amide bonds. The van der Waals surface area contributed by atoms with E-state index >= 15 is 0 Å². The van der Waals surface area contributed by atoms with Crippen LogP contribution in [0.1, 0.15) is 18.4 Å². The molecule has 118 valence electrons. The Kier molecular flexibility index (Phi) is 6.01. The van der Waals surface area contributed by atoms with Crippen molar-refractivity contribution in [1.29, 1.82) is 0 Å². The number of hydrogen-bond acceptors (Lipinski definition) is 4. The second kappa shape index (κ2) is 8.22. The smallest absolute Gasteiger partial charge is 0.410 e. The zero-order valence-corrected chi connectivity index (χ0v) is 12.7. The lowest BCUT2D eigenvalue weighted by Crippen LogP contribution is -2.35. The zero-order chi connectivity index (χ0) is 15.8. The molecule has 2 rings (SSSR count). The standard InChI is InChI=1S/C17H21NO4/c1-21-16(19)10-6-3-7-11-18-15(13-22-17(18)20)12-14-8-4-2-5-9-14/h2-6,8-9,15H,7,10-13H2,1H3. The van der Waals surface area contributed by atoms with Crippen LogP contribution in [0.3, 0.4) is 0 Å². The molecule has 0 N–H and O–H groups in total. The number of cyclic esters (lactones) is 1. The summed E-state index contributed by atoms with van der Waals surface area (Å²) in [6.07, 6.45) is 5.13. The van der Waals surface area contributed by atoms with Crippen molar-refractivity contribution in [2.75, 3.05) is 20.3 Å². The summed E-state index contributed by atoms with van der Waals surface area (Å²) in [4.78, 5) is 24.5. The van der Waals surface area contributed by atoms with Gasteiger partial charge in [-0.3, -0.25) is 4.79 Å². The van der Waals surface area contributed by atoms with Gasteiger partial charge in [0.05, 0.1) is 19.6 Å². The van der Waals surface area contributed by atoms with Gasteiger partial charge in [-0.1, -0.05) is 42.5 Å². The second-order valence-corrected chi connectivity index (χ2v) is 5.15. The first kappa shape index (κ1) is 16.1. The Hall–Kier alpha value is -2.30. The van der Waals surface area contributed by atoms with Crippen LogP contribution in [0.25, 0.3) is 0 Å². The van der Waals surface area contributed by atoms with Crippen LogP contribution in [-0.4, -0.2) is 43.3 Å². The first-order valence-electron chi connectivity index (χ1n) is 7.40. The highest BCUT2D eigenvalue weighted by Crippen LogP contribution is 2.17. The van der Waals surface area contributed by atoms with Gasteiger partial charge >= 0.3 is 12.1 Å². The highest BCUT2D eigenvalue weighted by Gasteiger charge is 2.32. The van der Waals surface area contributed by atoms with Gasteiger partial charge in [-0.15, -0.1) is 0 Å². The van der Waals surface area contributed by atoms with Crippen molar-refractivity contribution in [1.82, 2.24) is 4.90 Å². The van der Waals surface area contributed by atoms with E-state index in [0.29, 0.717) is 19.6 Å². The van der Waals surface area contributed by atoms with E-state index in [1.807, 2.05) is 24.3 Å². The van der Waals surface area contributed by atoms with Crippen molar-refractivity contribution in [2.45, 2.75) is 25.3 Å². The summed E-state index contributed by atoms with van der Waals surface area (Å²) in [7, 11) is 1.37. The SMILES string of the molecule is COC(=O)CC=CCCN1C(=O)OCC1Cc1ccccc1. The number of nitrogens with zero attached hydrogens (tertiary/aromatic N) is 1. The lowest BCUT2D eigenvalue weighted by molar-refractivity contribution is -0.139. The minimum Gasteiger partial charge on any atom is -0.469 e. The van der Waals surface area contributed by atoms with Crippen LogP contribution in [0, 0.1) is 0 Å². The van der Waals surface area contributed by atoms with Crippen LogP contribution < -0.4 is 0 Å². The van der Waals surface area contributed by atoms with Gasteiger partial charge in [0.25, 0.3) is 0 Å². The summed E-state index contributed by atoms with van der Waals surface area (Å²) in [6.45, 7) is 1.02. The predicted octanol–water partition coefficient (Wildman–Crippen LogP) is 2.56. The third kappa shape index (κ3) is 4.62. The number of amides is 1. The molecule has 0 radical (unpaired) electrons. The van der Waals surface area contributed by atoms with Crippen molar-refractivity contribution in [2.24, 2.45) is 0 Å². The van der Waals surface area contributed by atoms with E-state index in [-0.39, 0.29) is 24.5 Å². The van der Waals surface area contributed by atoms with Gasteiger partial charge in [0.15, 0.2) is 0 Å².